The van der Waals surface area contributed by atoms with E-state index in [1.807, 2.05) is 17.7 Å². The number of aromatic amines is 1. The van der Waals surface area contributed by atoms with E-state index >= 15 is 0 Å². The molecule has 4 aromatic rings. The highest BCUT2D eigenvalue weighted by Crippen LogP contribution is 2.35. The van der Waals surface area contributed by atoms with Gasteiger partial charge in [0.15, 0.2) is 0 Å². The lowest BCUT2D eigenvalue weighted by Crippen LogP contribution is -2.13. The summed E-state index contributed by atoms with van der Waals surface area (Å²) in [6.07, 6.45) is 5.27. The fraction of sp³-hybridized carbons (Fsp3) is 0.167. The lowest BCUT2D eigenvalue weighted by molar-refractivity contribution is 0.745. The highest BCUT2D eigenvalue weighted by Gasteiger charge is 2.16. The zero-order valence-corrected chi connectivity index (χ0v) is 14.2. The third kappa shape index (κ3) is 2.55. The summed E-state index contributed by atoms with van der Waals surface area (Å²) < 4.78 is 1.88. The molecule has 0 amide bonds. The Morgan fingerprint density at radius 3 is 2.71 bits per heavy atom. The van der Waals surface area contributed by atoms with E-state index in [9.17, 15) is 4.79 Å². The molecule has 120 valence electrons. The Hall–Kier alpha value is -2.73. The van der Waals surface area contributed by atoms with Crippen LogP contribution < -0.4 is 5.56 Å². The number of aromatic nitrogens is 4. The monoisotopic (exact) mass is 336 g/mol. The van der Waals surface area contributed by atoms with Crippen molar-refractivity contribution in [2.24, 2.45) is 0 Å². The molecular formula is C18H16N4OS. The van der Waals surface area contributed by atoms with Crippen LogP contribution in [0.4, 0.5) is 0 Å². The number of hydrogen-bond acceptors (Lipinski definition) is 4. The van der Waals surface area contributed by atoms with E-state index in [2.05, 4.69) is 46.1 Å². The van der Waals surface area contributed by atoms with Crippen molar-refractivity contribution in [1.29, 1.82) is 0 Å². The Bertz CT molecular complexity index is 1060. The molecule has 0 fully saturated rings. The molecule has 1 aromatic carbocycles. The predicted octanol–water partition coefficient (Wildman–Crippen LogP) is 3.51. The molecular weight excluding hydrogens is 320 g/mol. The average molecular weight is 336 g/mol. The summed E-state index contributed by atoms with van der Waals surface area (Å²) in [7, 11) is 0. The summed E-state index contributed by atoms with van der Waals surface area (Å²) in [5.74, 6) is 0.641. The second kappa shape index (κ2) is 5.72. The van der Waals surface area contributed by atoms with E-state index in [0.717, 1.165) is 20.8 Å². The fourth-order valence-corrected chi connectivity index (χ4v) is 3.92. The first kappa shape index (κ1) is 14.8. The lowest BCUT2D eigenvalue weighted by Gasteiger charge is -2.04. The summed E-state index contributed by atoms with van der Waals surface area (Å²) in [5.41, 5.74) is 3.15. The van der Waals surface area contributed by atoms with Crippen LogP contribution in [0.15, 0.2) is 47.8 Å². The minimum absolute atomic E-state index is 0.0879. The molecule has 0 saturated carbocycles. The number of hydrogen-bond donors (Lipinski definition) is 1. The highest BCUT2D eigenvalue weighted by atomic mass is 32.1. The molecule has 3 aromatic heterocycles. The Morgan fingerprint density at radius 1 is 1.21 bits per heavy atom. The third-order valence-electron chi connectivity index (χ3n) is 4.02. The smallest absolute Gasteiger partial charge is 0.260 e. The number of nitrogens with one attached hydrogen (secondary N) is 1. The Labute approximate surface area is 142 Å². The van der Waals surface area contributed by atoms with Gasteiger partial charge in [-0.15, -0.1) is 11.3 Å². The predicted molar refractivity (Wildman–Crippen MR) is 96.5 cm³/mol. The average Bonchev–Trinajstić information content (AvgIpc) is 3.16. The maximum atomic E-state index is 12.7. The Morgan fingerprint density at radius 2 is 2.00 bits per heavy atom. The quantitative estimate of drug-likeness (QED) is 0.623. The number of rotatable bonds is 3. The van der Waals surface area contributed by atoms with E-state index in [0.29, 0.717) is 17.8 Å². The Balaban J connectivity index is 1.86. The number of fused-ring (bicyclic) bond motifs is 1. The fourth-order valence-electron chi connectivity index (χ4n) is 2.86. The second-order valence-corrected chi connectivity index (χ2v) is 7.03. The standard InChI is InChI=1S/C18H16N4OS/c1-11-3-5-13(6-4-11)15-12(2)24-18-16(15)17(23)20-14(21-18)9-22-8-7-19-10-22/h3-8,10H,9H2,1-2H3,(H,20,21,23). The number of H-pyrrole nitrogens is 1. The minimum atomic E-state index is -0.0879. The van der Waals surface area contributed by atoms with E-state index in [1.165, 1.54) is 5.56 Å². The van der Waals surface area contributed by atoms with Crippen LogP contribution in [0.1, 0.15) is 16.3 Å². The normalized spacial score (nSPS) is 11.2. The van der Waals surface area contributed by atoms with Gasteiger partial charge in [0.1, 0.15) is 10.7 Å². The van der Waals surface area contributed by atoms with Gasteiger partial charge < -0.3 is 9.55 Å². The summed E-state index contributed by atoms with van der Waals surface area (Å²) in [6.45, 7) is 4.59. The van der Waals surface area contributed by atoms with Crippen LogP contribution in [-0.4, -0.2) is 19.5 Å². The summed E-state index contributed by atoms with van der Waals surface area (Å²) >= 11 is 1.56. The second-order valence-electron chi connectivity index (χ2n) is 5.83. The number of aryl methyl sites for hydroxylation is 2. The molecule has 3 heterocycles. The minimum Gasteiger partial charge on any atom is -0.330 e. The Kier molecular flexibility index (Phi) is 3.54. The molecule has 0 aliphatic heterocycles. The molecule has 0 radical (unpaired) electrons. The number of benzene rings is 1. The molecule has 0 unspecified atom stereocenters. The van der Waals surface area contributed by atoms with Crippen molar-refractivity contribution in [3.63, 3.8) is 0 Å². The van der Waals surface area contributed by atoms with Gasteiger partial charge in [-0.25, -0.2) is 9.97 Å². The highest BCUT2D eigenvalue weighted by molar-refractivity contribution is 7.19. The largest absolute Gasteiger partial charge is 0.330 e. The van der Waals surface area contributed by atoms with E-state index in [1.54, 1.807) is 23.9 Å². The zero-order chi connectivity index (χ0) is 16.7. The molecule has 0 aliphatic rings. The first-order valence-corrected chi connectivity index (χ1v) is 8.48. The number of thiophene rings is 1. The van der Waals surface area contributed by atoms with Crippen LogP contribution in [0.5, 0.6) is 0 Å². The van der Waals surface area contributed by atoms with E-state index in [4.69, 9.17) is 0 Å². The molecule has 1 N–H and O–H groups in total. The lowest BCUT2D eigenvalue weighted by atomic mass is 10.0. The summed E-state index contributed by atoms with van der Waals surface area (Å²) in [4.78, 5) is 26.2. The summed E-state index contributed by atoms with van der Waals surface area (Å²) in [5, 5.41) is 0.677. The van der Waals surface area contributed by atoms with Crippen molar-refractivity contribution in [2.75, 3.05) is 0 Å². The molecule has 0 atom stereocenters. The van der Waals surface area contributed by atoms with E-state index in [-0.39, 0.29) is 5.56 Å². The third-order valence-corrected chi connectivity index (χ3v) is 5.02. The van der Waals surface area contributed by atoms with Crippen LogP contribution >= 0.6 is 11.3 Å². The first-order chi connectivity index (χ1) is 11.6. The number of nitrogens with zero attached hydrogens (tertiary/aromatic N) is 3. The molecule has 0 spiro atoms. The van der Waals surface area contributed by atoms with Gasteiger partial charge in [-0.2, -0.15) is 0 Å². The van der Waals surface area contributed by atoms with Gasteiger partial charge in [0.2, 0.25) is 0 Å². The van der Waals surface area contributed by atoms with Crippen LogP contribution in [0, 0.1) is 13.8 Å². The van der Waals surface area contributed by atoms with Crippen LogP contribution in [0.25, 0.3) is 21.3 Å². The molecule has 5 nitrogen and oxygen atoms in total. The van der Waals surface area contributed by atoms with Gasteiger partial charge in [-0.1, -0.05) is 29.8 Å². The van der Waals surface area contributed by atoms with Gasteiger partial charge in [-0.05, 0) is 19.4 Å². The molecule has 0 aliphatic carbocycles. The van der Waals surface area contributed by atoms with Crippen LogP contribution in [0.3, 0.4) is 0 Å². The van der Waals surface area contributed by atoms with Crippen molar-refractivity contribution >= 4 is 21.6 Å². The van der Waals surface area contributed by atoms with Gasteiger partial charge >= 0.3 is 0 Å². The van der Waals surface area contributed by atoms with Crippen molar-refractivity contribution in [1.82, 2.24) is 19.5 Å². The molecule has 4 rings (SSSR count). The molecule has 24 heavy (non-hydrogen) atoms. The summed E-state index contributed by atoms with van der Waals surface area (Å²) in [6, 6.07) is 8.24. The van der Waals surface area contributed by atoms with Crippen molar-refractivity contribution < 1.29 is 0 Å². The van der Waals surface area contributed by atoms with E-state index < -0.39 is 0 Å². The van der Waals surface area contributed by atoms with Crippen molar-refractivity contribution in [3.8, 4) is 11.1 Å². The van der Waals surface area contributed by atoms with Gasteiger partial charge in [0, 0.05) is 22.8 Å². The topological polar surface area (TPSA) is 63.6 Å². The molecule has 0 saturated heterocycles. The number of imidazole rings is 1. The SMILES string of the molecule is Cc1ccc(-c2c(C)sc3nc(Cn4ccnc4)[nH]c(=O)c23)cc1. The first-order valence-electron chi connectivity index (χ1n) is 7.67. The van der Waals surface area contributed by atoms with Crippen molar-refractivity contribution in [2.45, 2.75) is 20.4 Å². The molecule has 6 heteroatoms. The maximum Gasteiger partial charge on any atom is 0.260 e. The van der Waals surface area contributed by atoms with Gasteiger partial charge in [-0.3, -0.25) is 4.79 Å². The maximum absolute atomic E-state index is 12.7. The zero-order valence-electron chi connectivity index (χ0n) is 13.4. The van der Waals surface area contributed by atoms with Gasteiger partial charge in [0.05, 0.1) is 18.3 Å². The van der Waals surface area contributed by atoms with Crippen molar-refractivity contribution in [3.05, 3.63) is 69.6 Å². The van der Waals surface area contributed by atoms with Crippen LogP contribution in [-0.2, 0) is 6.54 Å². The molecule has 0 bridgehead atoms. The van der Waals surface area contributed by atoms with Crippen LogP contribution in [0.2, 0.25) is 0 Å². The van der Waals surface area contributed by atoms with Gasteiger partial charge in [0.25, 0.3) is 5.56 Å².